The van der Waals surface area contributed by atoms with Crippen molar-refractivity contribution in [1.82, 2.24) is 5.32 Å². The van der Waals surface area contributed by atoms with E-state index in [1.54, 1.807) is 13.8 Å². The van der Waals surface area contributed by atoms with Crippen molar-refractivity contribution in [1.29, 1.82) is 5.26 Å². The van der Waals surface area contributed by atoms with Gasteiger partial charge >= 0.3 is 0 Å². The highest BCUT2D eigenvalue weighted by Crippen LogP contribution is 2.29. The normalized spacial score (nSPS) is 30.6. The highest BCUT2D eigenvalue weighted by molar-refractivity contribution is 5.84. The molecule has 1 rings (SSSR count). The lowest BCUT2D eigenvalue weighted by Crippen LogP contribution is -2.45. The molecule has 1 saturated carbocycles. The van der Waals surface area contributed by atoms with Gasteiger partial charge in [0.15, 0.2) is 0 Å². The summed E-state index contributed by atoms with van der Waals surface area (Å²) in [6, 6.07) is 2.29. The number of carbonyl (C=O) groups excluding carboxylic acids is 1. The molecule has 0 bridgehead atoms. The second kappa shape index (κ2) is 4.86. The van der Waals surface area contributed by atoms with Crippen LogP contribution in [0.15, 0.2) is 0 Å². The summed E-state index contributed by atoms with van der Waals surface area (Å²) in [5, 5.41) is 11.9. The molecule has 1 aliphatic carbocycles. The first-order valence-corrected chi connectivity index (χ1v) is 6.09. The van der Waals surface area contributed by atoms with Gasteiger partial charge in [-0.2, -0.15) is 5.26 Å². The van der Waals surface area contributed by atoms with Crippen LogP contribution in [0.1, 0.15) is 47.0 Å². The Morgan fingerprint density at radius 1 is 1.31 bits per heavy atom. The highest BCUT2D eigenvalue weighted by atomic mass is 16.2. The number of nitrogens with one attached hydrogen (secondary N) is 1. The monoisotopic (exact) mass is 222 g/mol. The molecule has 0 aromatic carbocycles. The van der Waals surface area contributed by atoms with Crippen LogP contribution in [0.25, 0.3) is 0 Å². The lowest BCUT2D eigenvalue weighted by atomic mass is 9.79. The van der Waals surface area contributed by atoms with Crippen LogP contribution < -0.4 is 5.32 Å². The SMILES string of the molecule is CC1CCC(NC(=O)C(C)(C)C#N)CC1C. The number of hydrogen-bond acceptors (Lipinski definition) is 2. The summed E-state index contributed by atoms with van der Waals surface area (Å²) in [7, 11) is 0. The van der Waals surface area contributed by atoms with E-state index in [1.165, 1.54) is 6.42 Å². The summed E-state index contributed by atoms with van der Waals surface area (Å²) in [6.07, 6.45) is 3.24. The van der Waals surface area contributed by atoms with Crippen molar-refractivity contribution < 1.29 is 4.79 Å². The van der Waals surface area contributed by atoms with Crippen molar-refractivity contribution >= 4 is 5.91 Å². The zero-order chi connectivity index (χ0) is 12.3. The Hall–Kier alpha value is -1.04. The van der Waals surface area contributed by atoms with Crippen molar-refractivity contribution in [2.75, 3.05) is 0 Å². The summed E-state index contributed by atoms with van der Waals surface area (Å²) in [5.41, 5.74) is -0.910. The number of rotatable bonds is 2. The van der Waals surface area contributed by atoms with E-state index in [0.29, 0.717) is 5.92 Å². The summed E-state index contributed by atoms with van der Waals surface area (Å²) < 4.78 is 0. The van der Waals surface area contributed by atoms with Gasteiger partial charge in [-0.1, -0.05) is 13.8 Å². The van der Waals surface area contributed by atoms with Gasteiger partial charge in [0.05, 0.1) is 6.07 Å². The lowest BCUT2D eigenvalue weighted by molar-refractivity contribution is -0.127. The van der Waals surface area contributed by atoms with E-state index < -0.39 is 5.41 Å². The molecule has 0 radical (unpaired) electrons. The Morgan fingerprint density at radius 3 is 2.44 bits per heavy atom. The molecule has 3 nitrogen and oxygen atoms in total. The number of hydrogen-bond donors (Lipinski definition) is 1. The molecule has 0 saturated heterocycles. The fraction of sp³-hybridized carbons (Fsp3) is 0.846. The second-order valence-electron chi connectivity index (χ2n) is 5.67. The first kappa shape index (κ1) is 13.0. The Labute approximate surface area is 98.2 Å². The Balaban J connectivity index is 2.51. The van der Waals surface area contributed by atoms with E-state index in [2.05, 4.69) is 19.2 Å². The van der Waals surface area contributed by atoms with E-state index >= 15 is 0 Å². The van der Waals surface area contributed by atoms with Crippen LogP contribution in [-0.4, -0.2) is 11.9 Å². The van der Waals surface area contributed by atoms with Gasteiger partial charge < -0.3 is 5.32 Å². The molecule has 0 spiro atoms. The van der Waals surface area contributed by atoms with Crippen LogP contribution in [0.3, 0.4) is 0 Å². The average molecular weight is 222 g/mol. The molecular formula is C13H22N2O. The average Bonchev–Trinajstić information content (AvgIpc) is 2.23. The van der Waals surface area contributed by atoms with Gasteiger partial charge in [0, 0.05) is 6.04 Å². The Bertz CT molecular complexity index is 304. The quantitative estimate of drug-likeness (QED) is 0.780. The third kappa shape index (κ3) is 2.98. The molecule has 1 aliphatic rings. The van der Waals surface area contributed by atoms with Crippen molar-refractivity contribution in [3.63, 3.8) is 0 Å². The molecular weight excluding hydrogens is 200 g/mol. The zero-order valence-electron chi connectivity index (χ0n) is 10.7. The van der Waals surface area contributed by atoms with E-state index in [0.717, 1.165) is 18.8 Å². The van der Waals surface area contributed by atoms with Gasteiger partial charge in [0.2, 0.25) is 5.91 Å². The standard InChI is InChI=1S/C13H22N2O/c1-9-5-6-11(7-10(9)2)15-12(16)13(3,4)8-14/h9-11H,5-7H2,1-4H3,(H,15,16). The van der Waals surface area contributed by atoms with Gasteiger partial charge in [-0.25, -0.2) is 0 Å². The number of nitrogens with zero attached hydrogens (tertiary/aromatic N) is 1. The second-order valence-corrected chi connectivity index (χ2v) is 5.67. The van der Waals surface area contributed by atoms with Crippen LogP contribution in [0.2, 0.25) is 0 Å². The molecule has 1 N–H and O–H groups in total. The van der Waals surface area contributed by atoms with Gasteiger partial charge in [-0.05, 0) is 44.9 Å². The highest BCUT2D eigenvalue weighted by Gasteiger charge is 2.31. The largest absolute Gasteiger partial charge is 0.352 e. The molecule has 1 amide bonds. The molecule has 3 atom stereocenters. The van der Waals surface area contributed by atoms with E-state index in [-0.39, 0.29) is 11.9 Å². The number of amides is 1. The predicted molar refractivity (Wildman–Crippen MR) is 63.5 cm³/mol. The van der Waals surface area contributed by atoms with Crippen molar-refractivity contribution in [3.05, 3.63) is 0 Å². The zero-order valence-corrected chi connectivity index (χ0v) is 10.7. The minimum atomic E-state index is -0.910. The first-order valence-electron chi connectivity index (χ1n) is 6.09. The summed E-state index contributed by atoms with van der Waals surface area (Å²) in [6.45, 7) is 7.83. The minimum absolute atomic E-state index is 0.137. The van der Waals surface area contributed by atoms with E-state index in [9.17, 15) is 4.79 Å². The lowest BCUT2D eigenvalue weighted by Gasteiger charge is -2.33. The topological polar surface area (TPSA) is 52.9 Å². The molecule has 3 heteroatoms. The Morgan fingerprint density at radius 2 is 1.94 bits per heavy atom. The molecule has 0 aliphatic heterocycles. The summed E-state index contributed by atoms with van der Waals surface area (Å²) in [5.74, 6) is 1.27. The molecule has 3 unspecified atom stereocenters. The van der Waals surface area contributed by atoms with Gasteiger partial charge in [0.25, 0.3) is 0 Å². The molecule has 0 aromatic rings. The third-order valence-electron chi connectivity index (χ3n) is 3.78. The van der Waals surface area contributed by atoms with Crippen molar-refractivity contribution in [2.24, 2.45) is 17.3 Å². The third-order valence-corrected chi connectivity index (χ3v) is 3.78. The molecule has 0 aromatic heterocycles. The van der Waals surface area contributed by atoms with Crippen molar-refractivity contribution in [2.45, 2.75) is 53.0 Å². The number of carbonyl (C=O) groups is 1. The summed E-state index contributed by atoms with van der Waals surface area (Å²) >= 11 is 0. The maximum Gasteiger partial charge on any atom is 0.240 e. The van der Waals surface area contributed by atoms with Crippen LogP contribution in [0, 0.1) is 28.6 Å². The number of nitriles is 1. The summed E-state index contributed by atoms with van der Waals surface area (Å²) in [4.78, 5) is 11.8. The maximum absolute atomic E-state index is 11.8. The van der Waals surface area contributed by atoms with E-state index in [1.807, 2.05) is 6.07 Å². The van der Waals surface area contributed by atoms with Gasteiger partial charge in [-0.3, -0.25) is 4.79 Å². The molecule has 16 heavy (non-hydrogen) atoms. The fourth-order valence-corrected chi connectivity index (χ4v) is 2.10. The van der Waals surface area contributed by atoms with Crippen LogP contribution in [0.5, 0.6) is 0 Å². The first-order chi connectivity index (χ1) is 7.36. The van der Waals surface area contributed by atoms with Gasteiger partial charge in [-0.15, -0.1) is 0 Å². The van der Waals surface area contributed by atoms with Crippen LogP contribution in [0.4, 0.5) is 0 Å². The van der Waals surface area contributed by atoms with Crippen LogP contribution >= 0.6 is 0 Å². The predicted octanol–water partition coefficient (Wildman–Crippen LogP) is 2.48. The smallest absolute Gasteiger partial charge is 0.240 e. The molecule has 1 fully saturated rings. The minimum Gasteiger partial charge on any atom is -0.352 e. The van der Waals surface area contributed by atoms with E-state index in [4.69, 9.17) is 5.26 Å². The maximum atomic E-state index is 11.8. The molecule has 90 valence electrons. The van der Waals surface area contributed by atoms with Crippen LogP contribution in [-0.2, 0) is 4.79 Å². The fourth-order valence-electron chi connectivity index (χ4n) is 2.10. The Kier molecular flexibility index (Phi) is 3.96. The van der Waals surface area contributed by atoms with Crippen molar-refractivity contribution in [3.8, 4) is 6.07 Å². The molecule has 0 heterocycles. The van der Waals surface area contributed by atoms with Gasteiger partial charge in [0.1, 0.15) is 5.41 Å².